The van der Waals surface area contributed by atoms with Crippen LogP contribution in [0.3, 0.4) is 0 Å². The number of pyridine rings is 1. The van der Waals surface area contributed by atoms with Crippen molar-refractivity contribution in [3.63, 3.8) is 0 Å². The van der Waals surface area contributed by atoms with Crippen LogP contribution in [0.5, 0.6) is 5.88 Å². The number of terminal acetylenes is 1. The highest BCUT2D eigenvalue weighted by Crippen LogP contribution is 2.26. The number of carbonyl (C=O) groups is 1. The van der Waals surface area contributed by atoms with Gasteiger partial charge in [0, 0.05) is 6.20 Å². The van der Waals surface area contributed by atoms with Crippen molar-refractivity contribution in [3.8, 4) is 18.2 Å². The van der Waals surface area contributed by atoms with Crippen LogP contribution in [0.25, 0.3) is 0 Å². The molecule has 1 aromatic rings. The van der Waals surface area contributed by atoms with Gasteiger partial charge in [0.15, 0.2) is 6.10 Å². The molecule has 78 valence electrons. The monoisotopic (exact) mass is 225 g/mol. The number of hydrogen-bond donors (Lipinski definition) is 1. The van der Waals surface area contributed by atoms with Gasteiger partial charge in [0.2, 0.25) is 5.88 Å². The Hall–Kier alpha value is -1.73. The van der Waals surface area contributed by atoms with Crippen LogP contribution in [0.2, 0.25) is 5.02 Å². The summed E-state index contributed by atoms with van der Waals surface area (Å²) in [5.41, 5.74) is -0.0640. The fourth-order valence-electron chi connectivity index (χ4n) is 0.873. The van der Waals surface area contributed by atoms with Gasteiger partial charge in [0.25, 0.3) is 0 Å². The van der Waals surface area contributed by atoms with Crippen molar-refractivity contribution in [3.05, 3.63) is 22.8 Å². The van der Waals surface area contributed by atoms with Crippen molar-refractivity contribution in [2.75, 3.05) is 0 Å². The third-order valence-corrected chi connectivity index (χ3v) is 1.98. The van der Waals surface area contributed by atoms with Crippen LogP contribution in [-0.2, 0) is 0 Å². The number of nitrogens with zero attached hydrogens (tertiary/aromatic N) is 1. The summed E-state index contributed by atoms with van der Waals surface area (Å²) in [5.74, 6) is 1.21. The highest BCUT2D eigenvalue weighted by atomic mass is 35.5. The Morgan fingerprint density at radius 2 is 2.47 bits per heavy atom. The van der Waals surface area contributed by atoms with Crippen molar-refractivity contribution in [1.29, 1.82) is 0 Å². The summed E-state index contributed by atoms with van der Waals surface area (Å²) in [6.07, 6.45) is 5.89. The van der Waals surface area contributed by atoms with Gasteiger partial charge in [0.05, 0.1) is 5.56 Å². The van der Waals surface area contributed by atoms with Crippen molar-refractivity contribution < 1.29 is 14.6 Å². The van der Waals surface area contributed by atoms with E-state index in [1.54, 1.807) is 6.92 Å². The first-order chi connectivity index (χ1) is 7.06. The first-order valence-electron chi connectivity index (χ1n) is 4.07. The Labute approximate surface area is 91.8 Å². The molecule has 1 rings (SSSR count). The van der Waals surface area contributed by atoms with E-state index in [0.717, 1.165) is 0 Å². The summed E-state index contributed by atoms with van der Waals surface area (Å²) >= 11 is 5.77. The molecule has 0 bridgehead atoms. The molecule has 0 amide bonds. The molecule has 0 saturated heterocycles. The van der Waals surface area contributed by atoms with Crippen molar-refractivity contribution in [2.45, 2.75) is 13.0 Å². The molecular weight excluding hydrogens is 218 g/mol. The fraction of sp³-hybridized carbons (Fsp3) is 0.200. The van der Waals surface area contributed by atoms with Crippen LogP contribution in [0.1, 0.15) is 17.3 Å². The molecule has 1 heterocycles. The van der Waals surface area contributed by atoms with Gasteiger partial charge in [0.1, 0.15) is 5.02 Å². The average molecular weight is 226 g/mol. The van der Waals surface area contributed by atoms with Crippen molar-refractivity contribution in [2.24, 2.45) is 0 Å². The van der Waals surface area contributed by atoms with Crippen LogP contribution < -0.4 is 4.74 Å². The lowest BCUT2D eigenvalue weighted by molar-refractivity contribution is 0.0696. The van der Waals surface area contributed by atoms with Gasteiger partial charge in [-0.3, -0.25) is 0 Å². The zero-order valence-corrected chi connectivity index (χ0v) is 8.65. The van der Waals surface area contributed by atoms with Crippen molar-refractivity contribution in [1.82, 2.24) is 4.98 Å². The van der Waals surface area contributed by atoms with Gasteiger partial charge >= 0.3 is 5.97 Å². The lowest BCUT2D eigenvalue weighted by Gasteiger charge is -2.09. The Morgan fingerprint density at radius 3 is 3.00 bits per heavy atom. The van der Waals surface area contributed by atoms with E-state index in [9.17, 15) is 4.79 Å². The van der Waals surface area contributed by atoms with Gasteiger partial charge in [-0.1, -0.05) is 17.5 Å². The maximum absolute atomic E-state index is 10.7. The molecule has 1 unspecified atom stereocenters. The minimum Gasteiger partial charge on any atom is -0.478 e. The number of rotatable bonds is 3. The number of hydrogen-bond acceptors (Lipinski definition) is 3. The molecule has 0 aromatic carbocycles. The summed E-state index contributed by atoms with van der Waals surface area (Å²) in [7, 11) is 0. The van der Waals surface area contributed by atoms with Gasteiger partial charge < -0.3 is 9.84 Å². The van der Waals surface area contributed by atoms with Crippen molar-refractivity contribution >= 4 is 17.6 Å². The van der Waals surface area contributed by atoms with E-state index in [-0.39, 0.29) is 16.5 Å². The molecule has 0 fully saturated rings. The third kappa shape index (κ3) is 2.61. The fourth-order valence-corrected chi connectivity index (χ4v) is 1.11. The third-order valence-electron chi connectivity index (χ3n) is 1.61. The SMILES string of the molecule is C#CC(C)Oc1nccc(C(=O)O)c1Cl. The van der Waals surface area contributed by atoms with Gasteiger partial charge in [-0.2, -0.15) is 0 Å². The molecule has 0 spiro atoms. The number of aromatic carboxylic acids is 1. The minimum atomic E-state index is -1.14. The van der Waals surface area contributed by atoms with Gasteiger partial charge in [-0.25, -0.2) is 9.78 Å². The van der Waals surface area contributed by atoms with E-state index in [0.29, 0.717) is 0 Å². The number of halogens is 1. The van der Waals surface area contributed by atoms with Crippen LogP contribution in [0.15, 0.2) is 12.3 Å². The molecule has 0 radical (unpaired) electrons. The molecule has 0 aliphatic carbocycles. The van der Waals surface area contributed by atoms with E-state index >= 15 is 0 Å². The molecule has 1 aromatic heterocycles. The topological polar surface area (TPSA) is 59.4 Å². The van der Waals surface area contributed by atoms with Gasteiger partial charge in [-0.05, 0) is 13.0 Å². The van der Waals surface area contributed by atoms with E-state index in [1.807, 2.05) is 0 Å². The highest BCUT2D eigenvalue weighted by Gasteiger charge is 2.15. The predicted molar refractivity (Wildman–Crippen MR) is 55.1 cm³/mol. The molecule has 1 atom stereocenters. The summed E-state index contributed by atoms with van der Waals surface area (Å²) in [5, 5.41) is 8.72. The maximum Gasteiger partial charge on any atom is 0.337 e. The normalized spacial score (nSPS) is 11.5. The van der Waals surface area contributed by atoms with E-state index < -0.39 is 12.1 Å². The van der Waals surface area contributed by atoms with Crippen LogP contribution in [0, 0.1) is 12.3 Å². The summed E-state index contributed by atoms with van der Waals surface area (Å²) in [4.78, 5) is 14.5. The largest absolute Gasteiger partial charge is 0.478 e. The number of aromatic nitrogens is 1. The Morgan fingerprint density at radius 1 is 1.80 bits per heavy atom. The highest BCUT2D eigenvalue weighted by molar-refractivity contribution is 6.34. The number of carboxylic acid groups (broad SMARTS) is 1. The number of carboxylic acids is 1. The zero-order chi connectivity index (χ0) is 11.4. The zero-order valence-electron chi connectivity index (χ0n) is 7.90. The number of ether oxygens (including phenoxy) is 1. The standard InChI is InChI=1S/C10H8ClNO3/c1-3-6(2)15-9-8(11)7(10(13)14)4-5-12-9/h1,4-6H,2H3,(H,13,14). The van der Waals surface area contributed by atoms with Crippen LogP contribution >= 0.6 is 11.6 Å². The predicted octanol–water partition coefficient (Wildman–Crippen LogP) is 1.83. The Balaban J connectivity index is 3.06. The average Bonchev–Trinajstić information content (AvgIpc) is 2.20. The van der Waals surface area contributed by atoms with E-state index in [2.05, 4.69) is 10.9 Å². The van der Waals surface area contributed by atoms with Crippen LogP contribution in [-0.4, -0.2) is 22.2 Å². The quantitative estimate of drug-likeness (QED) is 0.798. The molecule has 1 N–H and O–H groups in total. The summed E-state index contributed by atoms with van der Waals surface area (Å²) in [6, 6.07) is 1.29. The van der Waals surface area contributed by atoms with E-state index in [4.69, 9.17) is 27.9 Å². The molecule has 15 heavy (non-hydrogen) atoms. The molecule has 4 nitrogen and oxygen atoms in total. The minimum absolute atomic E-state index is 0.0296. The molecule has 0 aliphatic heterocycles. The summed E-state index contributed by atoms with van der Waals surface area (Å²) in [6.45, 7) is 1.63. The molecule has 0 saturated carbocycles. The van der Waals surface area contributed by atoms with E-state index in [1.165, 1.54) is 12.3 Å². The second-order valence-electron chi connectivity index (χ2n) is 2.71. The smallest absolute Gasteiger partial charge is 0.337 e. The van der Waals surface area contributed by atoms with Crippen LogP contribution in [0.4, 0.5) is 0 Å². The lowest BCUT2D eigenvalue weighted by Crippen LogP contribution is -2.11. The van der Waals surface area contributed by atoms with Gasteiger partial charge in [-0.15, -0.1) is 6.42 Å². The second kappa shape index (κ2) is 4.67. The second-order valence-corrected chi connectivity index (χ2v) is 3.09. The molecule has 5 heteroatoms. The Kier molecular flexibility index (Phi) is 3.53. The molecular formula is C10H8ClNO3. The first kappa shape index (κ1) is 11.3. The lowest BCUT2D eigenvalue weighted by atomic mass is 10.2. The summed E-state index contributed by atoms with van der Waals surface area (Å²) < 4.78 is 5.14. The molecule has 0 aliphatic rings. The Bertz CT molecular complexity index is 425. The first-order valence-corrected chi connectivity index (χ1v) is 4.44. The maximum atomic E-state index is 10.7.